The molecule has 0 radical (unpaired) electrons. The second-order valence-electron chi connectivity index (χ2n) is 4.05. The Bertz CT molecular complexity index is 538. The Morgan fingerprint density at radius 2 is 1.91 bits per heavy atom. The lowest BCUT2D eigenvalue weighted by Crippen LogP contribution is -2.41. The SMILES string of the molecule is C=CCNC(=NC)NCCNC(=O)c1ccc(Cl)c(Cl)c1.I. The number of carbonyl (C=O) groups is 1. The fraction of sp³-hybridized carbons (Fsp3) is 0.286. The van der Waals surface area contributed by atoms with E-state index in [2.05, 4.69) is 27.5 Å². The second-order valence-corrected chi connectivity index (χ2v) is 4.87. The van der Waals surface area contributed by atoms with Crippen LogP contribution in [-0.2, 0) is 0 Å². The van der Waals surface area contributed by atoms with Crippen molar-refractivity contribution in [2.24, 2.45) is 4.99 Å². The van der Waals surface area contributed by atoms with Crippen molar-refractivity contribution < 1.29 is 4.79 Å². The third kappa shape index (κ3) is 7.33. The molecule has 0 aliphatic heterocycles. The van der Waals surface area contributed by atoms with Gasteiger partial charge in [0.05, 0.1) is 10.0 Å². The molecule has 1 amide bonds. The molecule has 0 fully saturated rings. The summed E-state index contributed by atoms with van der Waals surface area (Å²) in [6.07, 6.45) is 1.74. The summed E-state index contributed by atoms with van der Waals surface area (Å²) < 4.78 is 0. The van der Waals surface area contributed by atoms with Gasteiger partial charge in [0.1, 0.15) is 0 Å². The van der Waals surface area contributed by atoms with E-state index in [4.69, 9.17) is 23.2 Å². The third-order valence-corrected chi connectivity index (χ3v) is 3.26. The summed E-state index contributed by atoms with van der Waals surface area (Å²) in [5, 5.41) is 9.65. The summed E-state index contributed by atoms with van der Waals surface area (Å²) in [4.78, 5) is 15.9. The van der Waals surface area contributed by atoms with Gasteiger partial charge < -0.3 is 16.0 Å². The number of hydrogen-bond acceptors (Lipinski definition) is 2. The highest BCUT2D eigenvalue weighted by Crippen LogP contribution is 2.22. The van der Waals surface area contributed by atoms with Gasteiger partial charge in [0, 0.05) is 32.2 Å². The molecule has 8 heteroatoms. The summed E-state index contributed by atoms with van der Waals surface area (Å²) >= 11 is 11.7. The van der Waals surface area contributed by atoms with E-state index in [0.717, 1.165) is 0 Å². The molecule has 0 unspecified atom stereocenters. The van der Waals surface area contributed by atoms with E-state index in [1.165, 1.54) is 6.07 Å². The maximum absolute atomic E-state index is 11.9. The normalized spacial score (nSPS) is 10.4. The number of amides is 1. The van der Waals surface area contributed by atoms with Gasteiger partial charge in [-0.25, -0.2) is 0 Å². The molecule has 0 heterocycles. The molecule has 122 valence electrons. The van der Waals surface area contributed by atoms with Crippen molar-refractivity contribution in [1.29, 1.82) is 0 Å². The van der Waals surface area contributed by atoms with Crippen LogP contribution in [0.1, 0.15) is 10.4 Å². The van der Waals surface area contributed by atoms with Crippen LogP contribution < -0.4 is 16.0 Å². The number of carbonyl (C=O) groups excluding carboxylic acids is 1. The topological polar surface area (TPSA) is 65.5 Å². The molecule has 1 aromatic rings. The lowest BCUT2D eigenvalue weighted by molar-refractivity contribution is 0.0954. The maximum atomic E-state index is 11.9. The summed E-state index contributed by atoms with van der Waals surface area (Å²) in [6.45, 7) is 5.23. The first-order chi connectivity index (χ1) is 10.1. The van der Waals surface area contributed by atoms with Gasteiger partial charge in [0.2, 0.25) is 0 Å². The first kappa shape index (κ1) is 21.0. The van der Waals surface area contributed by atoms with E-state index in [-0.39, 0.29) is 29.9 Å². The van der Waals surface area contributed by atoms with E-state index in [0.29, 0.717) is 41.2 Å². The fourth-order valence-electron chi connectivity index (χ4n) is 1.49. The van der Waals surface area contributed by atoms with E-state index in [9.17, 15) is 4.79 Å². The van der Waals surface area contributed by atoms with Crippen LogP contribution in [0.4, 0.5) is 0 Å². The molecule has 5 nitrogen and oxygen atoms in total. The molecular formula is C14H19Cl2IN4O. The van der Waals surface area contributed by atoms with E-state index >= 15 is 0 Å². The molecule has 0 atom stereocenters. The Balaban J connectivity index is 0.00000441. The molecular weight excluding hydrogens is 438 g/mol. The summed E-state index contributed by atoms with van der Waals surface area (Å²) in [7, 11) is 1.67. The number of nitrogens with zero attached hydrogens (tertiary/aromatic N) is 1. The van der Waals surface area contributed by atoms with Crippen LogP contribution in [-0.4, -0.2) is 38.5 Å². The summed E-state index contributed by atoms with van der Waals surface area (Å²) in [5.41, 5.74) is 0.471. The second kappa shape index (κ2) is 11.6. The van der Waals surface area contributed by atoms with Gasteiger partial charge in [-0.3, -0.25) is 9.79 Å². The zero-order valence-corrected chi connectivity index (χ0v) is 16.0. The molecule has 0 saturated carbocycles. The first-order valence-corrected chi connectivity index (χ1v) is 7.12. The minimum absolute atomic E-state index is 0. The average molecular weight is 457 g/mol. The summed E-state index contributed by atoms with van der Waals surface area (Å²) in [5.74, 6) is 0.447. The molecule has 22 heavy (non-hydrogen) atoms. The number of nitrogens with one attached hydrogen (secondary N) is 3. The van der Waals surface area contributed by atoms with E-state index < -0.39 is 0 Å². The van der Waals surface area contributed by atoms with Crippen LogP contribution in [0.15, 0.2) is 35.8 Å². The zero-order chi connectivity index (χ0) is 15.7. The smallest absolute Gasteiger partial charge is 0.251 e. The fourth-order valence-corrected chi connectivity index (χ4v) is 1.78. The Hall–Kier alpha value is -0.990. The lowest BCUT2D eigenvalue weighted by Gasteiger charge is -2.11. The van der Waals surface area contributed by atoms with E-state index in [1.807, 2.05) is 0 Å². The number of halogens is 3. The molecule has 0 spiro atoms. The number of hydrogen-bond donors (Lipinski definition) is 3. The van der Waals surface area contributed by atoms with Crippen LogP contribution in [0, 0.1) is 0 Å². The predicted molar refractivity (Wildman–Crippen MR) is 104 cm³/mol. The standard InChI is InChI=1S/C14H18Cl2N4O.HI/c1-3-6-19-14(17-2)20-8-7-18-13(21)10-4-5-11(15)12(16)9-10;/h3-5,9H,1,6-8H2,2H3,(H,18,21)(H2,17,19,20);1H. The average Bonchev–Trinajstić information content (AvgIpc) is 2.49. The van der Waals surface area contributed by atoms with Gasteiger partial charge in [-0.1, -0.05) is 29.3 Å². The first-order valence-electron chi connectivity index (χ1n) is 6.37. The van der Waals surface area contributed by atoms with Gasteiger partial charge in [0.15, 0.2) is 5.96 Å². The van der Waals surface area contributed by atoms with Crippen LogP contribution in [0.25, 0.3) is 0 Å². The number of guanidine groups is 1. The van der Waals surface area contributed by atoms with Crippen LogP contribution in [0.5, 0.6) is 0 Å². The molecule has 0 bridgehead atoms. The van der Waals surface area contributed by atoms with Crippen molar-refractivity contribution in [3.05, 3.63) is 46.5 Å². The van der Waals surface area contributed by atoms with Crippen molar-refractivity contribution >= 4 is 59.0 Å². The number of benzene rings is 1. The van der Waals surface area contributed by atoms with Crippen molar-refractivity contribution in [2.75, 3.05) is 26.7 Å². The minimum Gasteiger partial charge on any atom is -0.355 e. The molecule has 1 aromatic carbocycles. The lowest BCUT2D eigenvalue weighted by atomic mass is 10.2. The van der Waals surface area contributed by atoms with Gasteiger partial charge in [-0.2, -0.15) is 0 Å². The van der Waals surface area contributed by atoms with Gasteiger partial charge in [-0.15, -0.1) is 30.6 Å². The van der Waals surface area contributed by atoms with Crippen molar-refractivity contribution in [2.45, 2.75) is 0 Å². The van der Waals surface area contributed by atoms with Crippen molar-refractivity contribution in [3.8, 4) is 0 Å². The monoisotopic (exact) mass is 456 g/mol. The minimum atomic E-state index is -0.204. The van der Waals surface area contributed by atoms with E-state index in [1.54, 1.807) is 25.3 Å². The van der Waals surface area contributed by atoms with Gasteiger partial charge in [-0.05, 0) is 18.2 Å². The van der Waals surface area contributed by atoms with Crippen molar-refractivity contribution in [3.63, 3.8) is 0 Å². The van der Waals surface area contributed by atoms with Crippen LogP contribution in [0.2, 0.25) is 10.0 Å². The summed E-state index contributed by atoms with van der Waals surface area (Å²) in [6, 6.07) is 4.76. The maximum Gasteiger partial charge on any atom is 0.251 e. The Morgan fingerprint density at radius 1 is 1.23 bits per heavy atom. The van der Waals surface area contributed by atoms with Crippen molar-refractivity contribution in [1.82, 2.24) is 16.0 Å². The zero-order valence-electron chi connectivity index (χ0n) is 12.2. The Labute approximate surface area is 157 Å². The predicted octanol–water partition coefficient (Wildman–Crippen LogP) is 2.69. The molecule has 0 aromatic heterocycles. The molecule has 3 N–H and O–H groups in total. The largest absolute Gasteiger partial charge is 0.355 e. The highest BCUT2D eigenvalue weighted by molar-refractivity contribution is 14.0. The molecule has 0 aliphatic carbocycles. The quantitative estimate of drug-likeness (QED) is 0.203. The highest BCUT2D eigenvalue weighted by atomic mass is 127. The Morgan fingerprint density at radius 3 is 2.50 bits per heavy atom. The Kier molecular flexibility index (Phi) is 11.0. The van der Waals surface area contributed by atoms with Gasteiger partial charge >= 0.3 is 0 Å². The molecule has 1 rings (SSSR count). The van der Waals surface area contributed by atoms with Crippen LogP contribution in [0.3, 0.4) is 0 Å². The van der Waals surface area contributed by atoms with Crippen LogP contribution >= 0.6 is 47.2 Å². The molecule has 0 saturated heterocycles. The van der Waals surface area contributed by atoms with Gasteiger partial charge in [0.25, 0.3) is 5.91 Å². The highest BCUT2D eigenvalue weighted by Gasteiger charge is 2.07. The third-order valence-electron chi connectivity index (χ3n) is 2.52. The number of aliphatic imine (C=N–C) groups is 1. The number of rotatable bonds is 6. The molecule has 0 aliphatic rings.